The number of aliphatic hydroxyl groups excluding tert-OH is 1. The molecule has 2 aliphatic rings. The van der Waals surface area contributed by atoms with E-state index in [0.29, 0.717) is 62.7 Å². The van der Waals surface area contributed by atoms with Crippen molar-refractivity contribution in [1.29, 1.82) is 0 Å². The van der Waals surface area contributed by atoms with Crippen LogP contribution in [0.3, 0.4) is 0 Å². The number of amides is 3. The molecule has 14 heteroatoms. The first kappa shape index (κ1) is 33.0. The summed E-state index contributed by atoms with van der Waals surface area (Å²) in [5.41, 5.74) is 2.63. The zero-order valence-corrected chi connectivity index (χ0v) is 27.3. The van der Waals surface area contributed by atoms with Gasteiger partial charge in [0.05, 0.1) is 31.1 Å². The lowest BCUT2D eigenvalue weighted by atomic mass is 9.85. The van der Waals surface area contributed by atoms with E-state index in [2.05, 4.69) is 30.8 Å². The first-order valence-corrected chi connectivity index (χ1v) is 16.2. The van der Waals surface area contributed by atoms with Gasteiger partial charge in [0.2, 0.25) is 5.82 Å². The Morgan fingerprint density at radius 3 is 2.54 bits per heavy atom. The molecule has 1 aliphatic heterocycles. The third-order valence-electron chi connectivity index (χ3n) is 8.43. The summed E-state index contributed by atoms with van der Waals surface area (Å²) in [6.07, 6.45) is 3.08. The number of ether oxygens (including phenoxy) is 2. The first-order valence-electron chi connectivity index (χ1n) is 16.2. The molecule has 0 bridgehead atoms. The second kappa shape index (κ2) is 14.0. The van der Waals surface area contributed by atoms with Crippen molar-refractivity contribution in [1.82, 2.24) is 34.8 Å². The van der Waals surface area contributed by atoms with E-state index < -0.39 is 11.4 Å². The molecular weight excluding hydrogens is 616 g/mol. The van der Waals surface area contributed by atoms with Gasteiger partial charge >= 0.3 is 6.03 Å². The fourth-order valence-electron chi connectivity index (χ4n) is 5.86. The number of nitrogens with zero attached hydrogens (tertiary/aromatic N) is 6. The van der Waals surface area contributed by atoms with Crippen molar-refractivity contribution in [3.05, 3.63) is 77.1 Å². The number of carbonyl (C=O) groups excluding carboxylic acids is 3. The van der Waals surface area contributed by atoms with Gasteiger partial charge in [-0.05, 0) is 42.5 Å². The molecule has 14 nitrogen and oxygen atoms in total. The normalized spacial score (nSPS) is 17.9. The predicted octanol–water partition coefficient (Wildman–Crippen LogP) is 4.02. The van der Waals surface area contributed by atoms with E-state index in [1.165, 1.54) is 0 Å². The monoisotopic (exact) mass is 656 g/mol. The largest absolute Gasteiger partial charge is 0.484 e. The molecule has 1 aromatic carbocycles. The second-order valence-corrected chi connectivity index (χ2v) is 12.9. The highest BCUT2D eigenvalue weighted by Crippen LogP contribution is 2.39. The molecule has 0 saturated carbocycles. The average molecular weight is 657 g/mol. The number of carbonyl (C=O) groups is 3. The molecule has 0 spiro atoms. The van der Waals surface area contributed by atoms with Crippen molar-refractivity contribution in [3.8, 4) is 5.75 Å². The maximum Gasteiger partial charge on any atom is 0.320 e. The number of urea groups is 1. The van der Waals surface area contributed by atoms with Gasteiger partial charge in [-0.1, -0.05) is 45.0 Å². The minimum atomic E-state index is -0.461. The maximum absolute atomic E-state index is 13.3. The molecule has 4 aromatic rings. The van der Waals surface area contributed by atoms with Crippen molar-refractivity contribution >= 4 is 29.2 Å². The molecule has 3 aromatic heterocycles. The second-order valence-electron chi connectivity index (χ2n) is 12.9. The number of anilines is 1. The number of benzene rings is 1. The van der Waals surface area contributed by atoms with Gasteiger partial charge in [0.25, 0.3) is 5.91 Å². The summed E-state index contributed by atoms with van der Waals surface area (Å²) in [7, 11) is 0. The zero-order chi connectivity index (χ0) is 33.8. The average Bonchev–Trinajstić information content (AvgIpc) is 3.51. The molecule has 48 heavy (non-hydrogen) atoms. The summed E-state index contributed by atoms with van der Waals surface area (Å²) in [5, 5.41) is 23.3. The smallest absolute Gasteiger partial charge is 0.320 e. The Morgan fingerprint density at radius 1 is 1.02 bits per heavy atom. The summed E-state index contributed by atoms with van der Waals surface area (Å²) in [5.74, 6) is 0.507. The van der Waals surface area contributed by atoms with Crippen LogP contribution in [0.4, 0.5) is 10.6 Å². The highest BCUT2D eigenvalue weighted by atomic mass is 16.5. The third-order valence-corrected chi connectivity index (χ3v) is 8.43. The molecule has 1 saturated heterocycles. The number of hydrogen-bond acceptors (Lipinski definition) is 10. The first-order chi connectivity index (χ1) is 23.1. The lowest BCUT2D eigenvalue weighted by Gasteiger charge is -2.32. The Bertz CT molecular complexity index is 1810. The number of rotatable bonds is 9. The number of ketones is 1. The molecule has 3 N–H and O–H groups in total. The maximum atomic E-state index is 13.3. The quantitative estimate of drug-likeness (QED) is 0.223. The standard InChI is InChI=1S/C34H40N8O6/c1-34(2,3)27-19-28(37-30(36-27)25(44)9-6-16-43)38-33(46)35-24-11-12-26(23-8-5-4-7-22(23)24)48-21-10-13-29-39-40-31(42(29)20-21)32(45)41-14-17-47-18-15-41/h4-5,7-8,10,13,19-20,24,26,43H,6,9,11-12,14-18H2,1-3H3,(H2,35,36,37,38,46)/t24-,26+/m0/s1. The van der Waals surface area contributed by atoms with E-state index >= 15 is 0 Å². The van der Waals surface area contributed by atoms with Crippen LogP contribution in [0, 0.1) is 0 Å². The number of morpholine rings is 1. The minimum Gasteiger partial charge on any atom is -0.484 e. The summed E-state index contributed by atoms with van der Waals surface area (Å²) in [4.78, 5) is 49.6. The van der Waals surface area contributed by atoms with Gasteiger partial charge in [-0.3, -0.25) is 19.3 Å². The Morgan fingerprint density at radius 2 is 1.79 bits per heavy atom. The number of aliphatic hydroxyl groups is 1. The van der Waals surface area contributed by atoms with Crippen LogP contribution < -0.4 is 15.4 Å². The summed E-state index contributed by atoms with van der Waals surface area (Å²) in [6, 6.07) is 12.3. The van der Waals surface area contributed by atoms with Crippen molar-refractivity contribution < 1.29 is 29.0 Å². The summed E-state index contributed by atoms with van der Waals surface area (Å²) in [6.45, 7) is 7.76. The fourth-order valence-corrected chi connectivity index (χ4v) is 5.86. The molecule has 1 fully saturated rings. The van der Waals surface area contributed by atoms with Gasteiger partial charge in [-0.2, -0.15) is 0 Å². The number of nitrogens with one attached hydrogen (secondary N) is 2. The fraction of sp³-hybridized carbons (Fsp3) is 0.441. The van der Waals surface area contributed by atoms with Crippen LogP contribution in [-0.4, -0.2) is 85.2 Å². The Balaban J connectivity index is 1.17. The summed E-state index contributed by atoms with van der Waals surface area (Å²) >= 11 is 0. The van der Waals surface area contributed by atoms with Gasteiger partial charge in [0.1, 0.15) is 17.7 Å². The van der Waals surface area contributed by atoms with Gasteiger partial charge in [-0.15, -0.1) is 10.2 Å². The van der Waals surface area contributed by atoms with E-state index in [4.69, 9.17) is 14.6 Å². The predicted molar refractivity (Wildman–Crippen MR) is 175 cm³/mol. The molecule has 3 amide bonds. The van der Waals surface area contributed by atoms with Crippen molar-refractivity contribution in [2.24, 2.45) is 0 Å². The molecular formula is C34H40N8O6. The van der Waals surface area contributed by atoms with Crippen LogP contribution in [0.25, 0.3) is 5.65 Å². The van der Waals surface area contributed by atoms with Crippen LogP contribution in [-0.2, 0) is 10.2 Å². The number of hydrogen-bond donors (Lipinski definition) is 3. The van der Waals surface area contributed by atoms with E-state index in [-0.39, 0.29) is 54.3 Å². The number of Topliss-reactive ketones (excluding diaryl/α,β-unsaturated/α-hetero) is 1. The molecule has 1 aliphatic carbocycles. The number of pyridine rings is 1. The van der Waals surface area contributed by atoms with E-state index in [1.807, 2.05) is 51.1 Å². The Kier molecular flexibility index (Phi) is 9.64. The minimum absolute atomic E-state index is 0.0106. The SMILES string of the molecule is CC(C)(C)c1cc(NC(=O)N[C@H]2CC[C@@H](Oc3ccc4nnc(C(=O)N5CCOCC5)n4c3)c3ccccc32)nc(C(=O)CCCO)n1. The van der Waals surface area contributed by atoms with Crippen LogP contribution in [0.5, 0.6) is 5.75 Å². The van der Waals surface area contributed by atoms with Crippen molar-refractivity contribution in [2.45, 2.75) is 64.0 Å². The van der Waals surface area contributed by atoms with Gasteiger partial charge in [0.15, 0.2) is 17.3 Å². The van der Waals surface area contributed by atoms with Crippen molar-refractivity contribution in [3.63, 3.8) is 0 Å². The lowest BCUT2D eigenvalue weighted by Crippen LogP contribution is -2.41. The zero-order valence-electron chi connectivity index (χ0n) is 27.3. The molecule has 4 heterocycles. The Hall–Kier alpha value is -4.95. The Labute approximate surface area is 277 Å². The topological polar surface area (TPSA) is 173 Å². The summed E-state index contributed by atoms with van der Waals surface area (Å²) < 4.78 is 13.5. The van der Waals surface area contributed by atoms with E-state index in [1.54, 1.807) is 27.6 Å². The van der Waals surface area contributed by atoms with Crippen LogP contribution >= 0.6 is 0 Å². The molecule has 252 valence electrons. The molecule has 6 rings (SSSR count). The third kappa shape index (κ3) is 7.29. The lowest BCUT2D eigenvalue weighted by molar-refractivity contribution is 0.0294. The highest BCUT2D eigenvalue weighted by molar-refractivity contribution is 5.94. The van der Waals surface area contributed by atoms with Gasteiger partial charge < -0.3 is 24.8 Å². The van der Waals surface area contributed by atoms with Crippen LogP contribution in [0.15, 0.2) is 48.7 Å². The van der Waals surface area contributed by atoms with Crippen LogP contribution in [0.1, 0.15) is 96.7 Å². The number of fused-ring (bicyclic) bond motifs is 2. The van der Waals surface area contributed by atoms with Gasteiger partial charge in [-0.25, -0.2) is 14.8 Å². The molecule has 0 unspecified atom stereocenters. The van der Waals surface area contributed by atoms with Crippen molar-refractivity contribution in [2.75, 3.05) is 38.2 Å². The molecule has 2 atom stereocenters. The highest BCUT2D eigenvalue weighted by Gasteiger charge is 2.30. The number of aromatic nitrogens is 5. The van der Waals surface area contributed by atoms with E-state index in [9.17, 15) is 14.4 Å². The molecule has 0 radical (unpaired) electrons. The van der Waals surface area contributed by atoms with E-state index in [0.717, 1.165) is 11.1 Å². The van der Waals surface area contributed by atoms with Gasteiger partial charge in [0, 0.05) is 37.6 Å². The van der Waals surface area contributed by atoms with Crippen LogP contribution in [0.2, 0.25) is 0 Å².